The maximum Gasteiger partial charge on any atom is 0.274 e. The van der Waals surface area contributed by atoms with Gasteiger partial charge in [-0.3, -0.25) is 4.79 Å². The first kappa shape index (κ1) is 15.2. The standard InChI is InChI=1S/C16H20N6O/c1-10(2)7-12-14-15(19-9-18-12)21-13(20-14)8-22-6-4-5-11(17-3)16(22)23/h4-6,9-10,17H,7-8H2,1-3H3,(H,18,19,20,21). The third kappa shape index (κ3) is 3.08. The number of aromatic amines is 1. The quantitative estimate of drug-likeness (QED) is 0.750. The molecule has 0 atom stereocenters. The van der Waals surface area contributed by atoms with Crippen LogP contribution in [0.15, 0.2) is 29.5 Å². The first-order chi connectivity index (χ1) is 11.1. The van der Waals surface area contributed by atoms with E-state index < -0.39 is 0 Å². The zero-order valence-corrected chi connectivity index (χ0v) is 13.5. The molecule has 3 aromatic heterocycles. The lowest BCUT2D eigenvalue weighted by Gasteiger charge is -2.06. The fourth-order valence-corrected chi connectivity index (χ4v) is 2.55. The van der Waals surface area contributed by atoms with E-state index in [0.29, 0.717) is 29.6 Å². The minimum atomic E-state index is -0.0797. The number of rotatable bonds is 5. The third-order valence-electron chi connectivity index (χ3n) is 3.63. The normalized spacial score (nSPS) is 11.3. The second-order valence-electron chi connectivity index (χ2n) is 5.91. The van der Waals surface area contributed by atoms with Crippen molar-refractivity contribution in [2.24, 2.45) is 5.92 Å². The summed E-state index contributed by atoms with van der Waals surface area (Å²) in [6, 6.07) is 3.59. The molecule has 0 saturated heterocycles. The van der Waals surface area contributed by atoms with E-state index >= 15 is 0 Å². The van der Waals surface area contributed by atoms with E-state index in [9.17, 15) is 4.79 Å². The fourth-order valence-electron chi connectivity index (χ4n) is 2.55. The van der Waals surface area contributed by atoms with E-state index in [4.69, 9.17) is 0 Å². The predicted molar refractivity (Wildman–Crippen MR) is 89.6 cm³/mol. The number of aromatic nitrogens is 5. The summed E-state index contributed by atoms with van der Waals surface area (Å²) in [4.78, 5) is 28.6. The van der Waals surface area contributed by atoms with Gasteiger partial charge in [0.25, 0.3) is 5.56 Å². The van der Waals surface area contributed by atoms with E-state index in [2.05, 4.69) is 39.1 Å². The third-order valence-corrected chi connectivity index (χ3v) is 3.63. The van der Waals surface area contributed by atoms with Crippen LogP contribution in [0.1, 0.15) is 25.4 Å². The van der Waals surface area contributed by atoms with E-state index in [-0.39, 0.29) is 5.56 Å². The van der Waals surface area contributed by atoms with Gasteiger partial charge in [-0.05, 0) is 24.5 Å². The monoisotopic (exact) mass is 312 g/mol. The molecule has 0 aromatic carbocycles. The van der Waals surface area contributed by atoms with Crippen LogP contribution in [0.3, 0.4) is 0 Å². The zero-order chi connectivity index (χ0) is 16.4. The highest BCUT2D eigenvalue weighted by atomic mass is 16.1. The molecular formula is C16H20N6O. The molecule has 120 valence electrons. The summed E-state index contributed by atoms with van der Waals surface area (Å²) >= 11 is 0. The molecule has 3 aromatic rings. The van der Waals surface area contributed by atoms with Gasteiger partial charge in [-0.2, -0.15) is 0 Å². The van der Waals surface area contributed by atoms with Gasteiger partial charge >= 0.3 is 0 Å². The summed E-state index contributed by atoms with van der Waals surface area (Å²) in [6.45, 7) is 4.66. The van der Waals surface area contributed by atoms with Gasteiger partial charge in [0.2, 0.25) is 0 Å². The number of H-pyrrole nitrogens is 1. The van der Waals surface area contributed by atoms with E-state index in [1.54, 1.807) is 30.2 Å². The lowest BCUT2D eigenvalue weighted by atomic mass is 10.1. The predicted octanol–water partition coefficient (Wildman–Crippen LogP) is 1.80. The van der Waals surface area contributed by atoms with E-state index in [1.807, 2.05) is 6.07 Å². The van der Waals surface area contributed by atoms with Crippen molar-refractivity contribution in [3.8, 4) is 0 Å². The van der Waals surface area contributed by atoms with Crippen LogP contribution in [0.2, 0.25) is 0 Å². The minimum Gasteiger partial charge on any atom is -0.384 e. The number of hydrogen-bond acceptors (Lipinski definition) is 5. The number of imidazole rings is 1. The van der Waals surface area contributed by atoms with Crippen LogP contribution in [0.25, 0.3) is 11.2 Å². The Morgan fingerprint density at radius 2 is 2.17 bits per heavy atom. The van der Waals surface area contributed by atoms with E-state index in [0.717, 1.165) is 17.6 Å². The molecule has 3 rings (SSSR count). The molecule has 0 unspecified atom stereocenters. The highest BCUT2D eigenvalue weighted by Gasteiger charge is 2.12. The van der Waals surface area contributed by atoms with Crippen molar-refractivity contribution in [1.82, 2.24) is 24.5 Å². The first-order valence-electron chi connectivity index (χ1n) is 7.64. The smallest absolute Gasteiger partial charge is 0.274 e. The van der Waals surface area contributed by atoms with Crippen molar-refractivity contribution in [2.75, 3.05) is 12.4 Å². The summed E-state index contributed by atoms with van der Waals surface area (Å²) in [7, 11) is 1.73. The maximum atomic E-state index is 12.3. The molecule has 0 aliphatic carbocycles. The molecule has 23 heavy (non-hydrogen) atoms. The van der Waals surface area contributed by atoms with Crippen LogP contribution in [0.5, 0.6) is 0 Å². The number of hydrogen-bond donors (Lipinski definition) is 2. The highest BCUT2D eigenvalue weighted by molar-refractivity contribution is 5.72. The molecule has 0 radical (unpaired) electrons. The molecule has 0 aliphatic rings. The van der Waals surface area contributed by atoms with Gasteiger partial charge in [-0.1, -0.05) is 13.8 Å². The Morgan fingerprint density at radius 1 is 1.35 bits per heavy atom. The Labute approximate surface area is 133 Å². The number of anilines is 1. The summed E-state index contributed by atoms with van der Waals surface area (Å²) in [5.74, 6) is 1.19. The van der Waals surface area contributed by atoms with Crippen LogP contribution in [0.4, 0.5) is 5.69 Å². The molecule has 0 saturated carbocycles. The van der Waals surface area contributed by atoms with Gasteiger partial charge < -0.3 is 14.9 Å². The Balaban J connectivity index is 1.97. The van der Waals surface area contributed by atoms with Crippen LogP contribution in [0, 0.1) is 5.92 Å². The van der Waals surface area contributed by atoms with Gasteiger partial charge in [0.1, 0.15) is 23.4 Å². The average Bonchev–Trinajstić information content (AvgIpc) is 2.92. The van der Waals surface area contributed by atoms with Crippen molar-refractivity contribution >= 4 is 16.9 Å². The Hall–Kier alpha value is -2.70. The number of nitrogens with zero attached hydrogens (tertiary/aromatic N) is 4. The van der Waals surface area contributed by atoms with Crippen molar-refractivity contribution in [2.45, 2.75) is 26.8 Å². The zero-order valence-electron chi connectivity index (χ0n) is 13.5. The number of fused-ring (bicyclic) bond motifs is 1. The average molecular weight is 312 g/mol. The molecule has 7 heteroatoms. The molecule has 0 amide bonds. The second kappa shape index (κ2) is 6.20. The summed E-state index contributed by atoms with van der Waals surface area (Å²) < 4.78 is 1.61. The molecule has 0 aliphatic heterocycles. The lowest BCUT2D eigenvalue weighted by molar-refractivity contribution is 0.637. The van der Waals surface area contributed by atoms with Crippen LogP contribution in [-0.4, -0.2) is 31.6 Å². The molecule has 2 N–H and O–H groups in total. The van der Waals surface area contributed by atoms with Crippen LogP contribution < -0.4 is 10.9 Å². The number of nitrogens with one attached hydrogen (secondary N) is 2. The van der Waals surface area contributed by atoms with Gasteiger partial charge in [0, 0.05) is 13.2 Å². The molecule has 0 bridgehead atoms. The largest absolute Gasteiger partial charge is 0.384 e. The minimum absolute atomic E-state index is 0.0797. The fraction of sp³-hybridized carbons (Fsp3) is 0.375. The highest BCUT2D eigenvalue weighted by Crippen LogP contribution is 2.16. The lowest BCUT2D eigenvalue weighted by Crippen LogP contribution is -2.22. The summed E-state index contributed by atoms with van der Waals surface area (Å²) in [5.41, 5.74) is 2.94. The van der Waals surface area contributed by atoms with Crippen molar-refractivity contribution < 1.29 is 0 Å². The van der Waals surface area contributed by atoms with Crippen molar-refractivity contribution in [3.63, 3.8) is 0 Å². The first-order valence-corrected chi connectivity index (χ1v) is 7.64. The van der Waals surface area contributed by atoms with Crippen molar-refractivity contribution in [1.29, 1.82) is 0 Å². The molecule has 0 fully saturated rings. The molecule has 0 spiro atoms. The van der Waals surface area contributed by atoms with Gasteiger partial charge in [0.05, 0.1) is 12.2 Å². The molecular weight excluding hydrogens is 292 g/mol. The second-order valence-corrected chi connectivity index (χ2v) is 5.91. The van der Waals surface area contributed by atoms with Crippen LogP contribution in [-0.2, 0) is 13.0 Å². The van der Waals surface area contributed by atoms with Crippen molar-refractivity contribution in [3.05, 3.63) is 46.5 Å². The number of pyridine rings is 1. The maximum absolute atomic E-state index is 12.3. The van der Waals surface area contributed by atoms with Gasteiger partial charge in [0.15, 0.2) is 5.65 Å². The molecule has 3 heterocycles. The Kier molecular flexibility index (Phi) is 4.10. The summed E-state index contributed by atoms with van der Waals surface area (Å²) in [6.07, 6.45) is 4.14. The van der Waals surface area contributed by atoms with Gasteiger partial charge in [-0.25, -0.2) is 15.0 Å². The van der Waals surface area contributed by atoms with Crippen LogP contribution >= 0.6 is 0 Å². The molecule has 7 nitrogen and oxygen atoms in total. The Bertz CT molecular complexity index is 880. The summed E-state index contributed by atoms with van der Waals surface area (Å²) in [5, 5.41) is 2.89. The Morgan fingerprint density at radius 3 is 2.91 bits per heavy atom. The van der Waals surface area contributed by atoms with E-state index in [1.165, 1.54) is 0 Å². The topological polar surface area (TPSA) is 88.5 Å². The SMILES string of the molecule is CNc1cccn(Cc2nc3ncnc(CC(C)C)c3[nH]2)c1=O. The van der Waals surface area contributed by atoms with Gasteiger partial charge in [-0.15, -0.1) is 0 Å².